The summed E-state index contributed by atoms with van der Waals surface area (Å²) in [7, 11) is 3.56. The van der Waals surface area contributed by atoms with Crippen molar-refractivity contribution < 1.29 is 9.53 Å². The van der Waals surface area contributed by atoms with E-state index < -0.39 is 0 Å². The molecule has 2 aromatic carbocycles. The lowest BCUT2D eigenvalue weighted by Gasteiger charge is -2.22. The van der Waals surface area contributed by atoms with Crippen molar-refractivity contribution >= 4 is 28.8 Å². The molecule has 0 spiro atoms. The second-order valence-electron chi connectivity index (χ2n) is 8.14. The van der Waals surface area contributed by atoms with Crippen molar-refractivity contribution in [2.75, 3.05) is 7.11 Å². The van der Waals surface area contributed by atoms with Gasteiger partial charge in [-0.3, -0.25) is 9.52 Å². The molecule has 1 aliphatic rings. The third kappa shape index (κ3) is 4.90. The fraction of sp³-hybridized carbons (Fsp3) is 0.400. The maximum atomic E-state index is 11.3. The zero-order valence-electron chi connectivity index (χ0n) is 17.8. The summed E-state index contributed by atoms with van der Waals surface area (Å²) in [6, 6.07) is 18.1. The molecule has 0 saturated heterocycles. The molecule has 1 fully saturated rings. The van der Waals surface area contributed by atoms with Gasteiger partial charge in [-0.2, -0.15) is 0 Å². The topological polar surface area (TPSA) is 43.3 Å². The Morgan fingerprint density at radius 3 is 2.60 bits per heavy atom. The highest BCUT2D eigenvalue weighted by molar-refractivity contribution is 7.97. The van der Waals surface area contributed by atoms with E-state index in [1.807, 2.05) is 0 Å². The van der Waals surface area contributed by atoms with Crippen LogP contribution in [0.4, 0.5) is 0 Å². The molecule has 1 N–H and O–H groups in total. The molecule has 0 radical (unpaired) electrons. The summed E-state index contributed by atoms with van der Waals surface area (Å²) in [6.07, 6.45) is 7.78. The Labute approximate surface area is 183 Å². The average Bonchev–Trinajstić information content (AvgIpc) is 3.13. The van der Waals surface area contributed by atoms with Gasteiger partial charge in [-0.25, -0.2) is 0 Å². The van der Waals surface area contributed by atoms with Gasteiger partial charge in [-0.1, -0.05) is 49.6 Å². The first-order valence-electron chi connectivity index (χ1n) is 10.8. The van der Waals surface area contributed by atoms with Crippen molar-refractivity contribution in [3.63, 3.8) is 0 Å². The molecule has 1 aromatic heterocycles. The molecule has 1 aliphatic carbocycles. The SMILES string of the molecule is COC(=O)CCc1ccc(-c2cc3ccc(SNC4CCCCC4)cc3n2C)cc1. The minimum Gasteiger partial charge on any atom is -0.469 e. The number of hydrogen-bond acceptors (Lipinski definition) is 4. The van der Waals surface area contributed by atoms with Crippen molar-refractivity contribution in [1.82, 2.24) is 9.29 Å². The van der Waals surface area contributed by atoms with E-state index in [9.17, 15) is 4.79 Å². The fourth-order valence-corrected chi connectivity index (χ4v) is 5.06. The first-order chi connectivity index (χ1) is 14.6. The summed E-state index contributed by atoms with van der Waals surface area (Å²) >= 11 is 1.77. The number of ether oxygens (including phenoxy) is 1. The number of carbonyl (C=O) groups excluding carboxylic acids is 1. The average molecular weight is 423 g/mol. The quantitative estimate of drug-likeness (QED) is 0.381. The highest BCUT2D eigenvalue weighted by Crippen LogP contribution is 2.31. The molecule has 0 amide bonds. The maximum absolute atomic E-state index is 11.3. The Morgan fingerprint density at radius 1 is 1.10 bits per heavy atom. The normalized spacial score (nSPS) is 14.9. The van der Waals surface area contributed by atoms with Gasteiger partial charge in [0.2, 0.25) is 0 Å². The summed E-state index contributed by atoms with van der Waals surface area (Å²) in [5, 5.41) is 1.25. The standard InChI is InChI=1S/C25H30N2O2S/c1-27-23(19-11-8-18(9-12-19)10-15-25(28)29-2)16-20-13-14-22(17-24(20)27)30-26-21-6-4-3-5-7-21/h8-9,11-14,16-17,21,26H,3-7,10,15H2,1-2H3. The molecule has 30 heavy (non-hydrogen) atoms. The monoisotopic (exact) mass is 422 g/mol. The van der Waals surface area contributed by atoms with Gasteiger partial charge in [0.15, 0.2) is 0 Å². The van der Waals surface area contributed by atoms with Crippen LogP contribution in [-0.2, 0) is 23.0 Å². The van der Waals surface area contributed by atoms with Crippen molar-refractivity contribution in [2.24, 2.45) is 7.05 Å². The predicted octanol–water partition coefficient (Wildman–Crippen LogP) is 5.88. The summed E-state index contributed by atoms with van der Waals surface area (Å²) in [5.41, 5.74) is 4.78. The van der Waals surface area contributed by atoms with Crippen LogP contribution >= 0.6 is 11.9 Å². The van der Waals surface area contributed by atoms with Gasteiger partial charge >= 0.3 is 5.97 Å². The van der Waals surface area contributed by atoms with Crippen LogP contribution in [0.3, 0.4) is 0 Å². The zero-order valence-corrected chi connectivity index (χ0v) is 18.6. The van der Waals surface area contributed by atoms with Gasteiger partial charge in [0.25, 0.3) is 0 Å². The number of fused-ring (bicyclic) bond motifs is 1. The Balaban J connectivity index is 1.48. The van der Waals surface area contributed by atoms with Gasteiger partial charge in [0.1, 0.15) is 0 Å². The van der Waals surface area contributed by atoms with Gasteiger partial charge in [-0.15, -0.1) is 0 Å². The van der Waals surface area contributed by atoms with Crippen LogP contribution in [-0.4, -0.2) is 23.7 Å². The Morgan fingerprint density at radius 2 is 1.87 bits per heavy atom. The van der Waals surface area contributed by atoms with E-state index in [-0.39, 0.29) is 5.97 Å². The van der Waals surface area contributed by atoms with E-state index in [4.69, 9.17) is 4.74 Å². The molecule has 5 heteroatoms. The lowest BCUT2D eigenvalue weighted by atomic mass is 9.96. The second kappa shape index (κ2) is 9.71. The summed E-state index contributed by atoms with van der Waals surface area (Å²) in [4.78, 5) is 12.6. The molecule has 158 valence electrons. The smallest absolute Gasteiger partial charge is 0.305 e. The van der Waals surface area contributed by atoms with Crippen LogP contribution in [0.5, 0.6) is 0 Å². The summed E-state index contributed by atoms with van der Waals surface area (Å²) in [6.45, 7) is 0. The van der Waals surface area contributed by atoms with Crippen molar-refractivity contribution in [2.45, 2.75) is 55.9 Å². The van der Waals surface area contributed by atoms with Crippen LogP contribution in [0.15, 0.2) is 53.4 Å². The van der Waals surface area contributed by atoms with E-state index in [0.29, 0.717) is 18.9 Å². The molecule has 3 aromatic rings. The van der Waals surface area contributed by atoms with Crippen LogP contribution in [0, 0.1) is 0 Å². The lowest BCUT2D eigenvalue weighted by Crippen LogP contribution is -2.25. The van der Waals surface area contributed by atoms with E-state index in [1.165, 1.54) is 66.3 Å². The zero-order chi connectivity index (χ0) is 20.9. The van der Waals surface area contributed by atoms with Crippen LogP contribution in [0.2, 0.25) is 0 Å². The van der Waals surface area contributed by atoms with Gasteiger partial charge < -0.3 is 9.30 Å². The number of methoxy groups -OCH3 is 1. The van der Waals surface area contributed by atoms with E-state index in [1.54, 1.807) is 11.9 Å². The third-order valence-electron chi connectivity index (χ3n) is 6.06. The van der Waals surface area contributed by atoms with E-state index >= 15 is 0 Å². The molecular weight excluding hydrogens is 392 g/mol. The number of rotatable bonds is 7. The molecule has 0 unspecified atom stereocenters. The van der Waals surface area contributed by atoms with Gasteiger partial charge in [0, 0.05) is 41.0 Å². The number of hydrogen-bond donors (Lipinski definition) is 1. The highest BCUT2D eigenvalue weighted by atomic mass is 32.2. The number of nitrogens with zero attached hydrogens (tertiary/aromatic N) is 1. The Hall–Kier alpha value is -2.24. The van der Waals surface area contributed by atoms with Crippen molar-refractivity contribution in [1.29, 1.82) is 0 Å². The summed E-state index contributed by atoms with van der Waals surface area (Å²) in [5.74, 6) is -0.167. The maximum Gasteiger partial charge on any atom is 0.305 e. The largest absolute Gasteiger partial charge is 0.469 e. The Bertz CT molecular complexity index is 1000. The van der Waals surface area contributed by atoms with Crippen molar-refractivity contribution in [3.8, 4) is 11.3 Å². The fourth-order valence-electron chi connectivity index (χ4n) is 4.21. The number of aromatic nitrogens is 1. The first-order valence-corrected chi connectivity index (χ1v) is 11.6. The Kier molecular flexibility index (Phi) is 6.80. The highest BCUT2D eigenvalue weighted by Gasteiger charge is 2.14. The molecule has 1 saturated carbocycles. The van der Waals surface area contributed by atoms with Crippen molar-refractivity contribution in [3.05, 3.63) is 54.1 Å². The number of benzene rings is 2. The lowest BCUT2D eigenvalue weighted by molar-refractivity contribution is -0.140. The summed E-state index contributed by atoms with van der Waals surface area (Å²) < 4.78 is 10.7. The van der Waals surface area contributed by atoms with E-state index in [0.717, 1.165) is 5.56 Å². The number of nitrogens with one attached hydrogen (secondary N) is 1. The first kappa shape index (κ1) is 21.0. The molecule has 4 rings (SSSR count). The minimum absolute atomic E-state index is 0.167. The molecule has 4 nitrogen and oxygen atoms in total. The molecule has 1 heterocycles. The van der Waals surface area contributed by atoms with Crippen LogP contribution in [0.1, 0.15) is 44.1 Å². The minimum atomic E-state index is -0.167. The van der Waals surface area contributed by atoms with Crippen LogP contribution < -0.4 is 4.72 Å². The number of esters is 1. The molecule has 0 atom stereocenters. The number of carbonyl (C=O) groups is 1. The molecule has 0 aliphatic heterocycles. The van der Waals surface area contributed by atoms with E-state index in [2.05, 4.69) is 64.9 Å². The van der Waals surface area contributed by atoms with Gasteiger partial charge in [-0.05, 0) is 60.5 Å². The number of aryl methyl sites for hydroxylation is 2. The van der Waals surface area contributed by atoms with Gasteiger partial charge in [0.05, 0.1) is 7.11 Å². The second-order valence-corrected chi connectivity index (χ2v) is 9.05. The molecule has 0 bridgehead atoms. The van der Waals surface area contributed by atoms with Crippen LogP contribution in [0.25, 0.3) is 22.2 Å². The third-order valence-corrected chi connectivity index (χ3v) is 7.00. The molecular formula is C25H30N2O2S. The predicted molar refractivity (Wildman–Crippen MR) is 125 cm³/mol.